The predicted octanol–water partition coefficient (Wildman–Crippen LogP) is 3.13. The van der Waals surface area contributed by atoms with Crippen molar-refractivity contribution in [1.29, 1.82) is 0 Å². The Morgan fingerprint density at radius 3 is 2.42 bits per heavy atom. The molecule has 3 N–H and O–H groups in total. The number of nitrogens with zero attached hydrogens (tertiary/aromatic N) is 1. The quantitative estimate of drug-likeness (QED) is 0.166. The van der Waals surface area contributed by atoms with Gasteiger partial charge in [0.1, 0.15) is 0 Å². The fraction of sp³-hybridized carbons (Fsp3) is 0.500. The van der Waals surface area contributed by atoms with Crippen LogP contribution in [0.3, 0.4) is 0 Å². The maximum absolute atomic E-state index is 11.5. The first-order valence-electron chi connectivity index (χ1n) is 7.75. The van der Waals surface area contributed by atoms with Crippen LogP contribution in [-0.4, -0.2) is 44.3 Å². The van der Waals surface area contributed by atoms with Crippen LogP contribution in [-0.2, 0) is 4.79 Å². The first kappa shape index (κ1) is 23.3. The van der Waals surface area contributed by atoms with Crippen LogP contribution >= 0.6 is 47.3 Å². The zero-order chi connectivity index (χ0) is 16.9. The molecule has 0 saturated heterocycles. The van der Waals surface area contributed by atoms with Crippen molar-refractivity contribution in [3.63, 3.8) is 0 Å². The third-order valence-corrected chi connectivity index (χ3v) is 4.18. The van der Waals surface area contributed by atoms with Crippen LogP contribution in [0.1, 0.15) is 19.8 Å². The van der Waals surface area contributed by atoms with E-state index in [2.05, 4.69) is 20.9 Å². The SMILES string of the molecule is CCCNC(=O)CCNC(=NC)NCCSc1ccc(Cl)cc1.I. The molecule has 0 heterocycles. The summed E-state index contributed by atoms with van der Waals surface area (Å²) in [6.45, 7) is 4.12. The molecule has 0 radical (unpaired) electrons. The minimum absolute atomic E-state index is 0. The summed E-state index contributed by atoms with van der Waals surface area (Å²) in [6, 6.07) is 7.80. The van der Waals surface area contributed by atoms with Crippen molar-refractivity contribution in [3.8, 4) is 0 Å². The zero-order valence-corrected chi connectivity index (χ0v) is 18.0. The Kier molecular flexibility index (Phi) is 14.2. The van der Waals surface area contributed by atoms with E-state index < -0.39 is 0 Å². The molecular formula is C16H26ClIN4OS. The Morgan fingerprint density at radius 1 is 1.12 bits per heavy atom. The number of hydrogen-bond donors (Lipinski definition) is 3. The number of carbonyl (C=O) groups is 1. The van der Waals surface area contributed by atoms with E-state index in [4.69, 9.17) is 11.6 Å². The number of guanidine groups is 1. The molecule has 0 saturated carbocycles. The number of thioether (sulfide) groups is 1. The van der Waals surface area contributed by atoms with Gasteiger partial charge in [-0.2, -0.15) is 0 Å². The molecule has 1 amide bonds. The second-order valence-corrected chi connectivity index (χ2v) is 6.43. The van der Waals surface area contributed by atoms with Crippen LogP contribution in [0, 0.1) is 0 Å². The molecule has 0 fully saturated rings. The molecule has 1 aromatic rings. The highest BCUT2D eigenvalue weighted by Crippen LogP contribution is 2.19. The molecule has 1 aromatic carbocycles. The highest BCUT2D eigenvalue weighted by atomic mass is 127. The lowest BCUT2D eigenvalue weighted by atomic mass is 10.4. The fourth-order valence-corrected chi connectivity index (χ4v) is 2.63. The highest BCUT2D eigenvalue weighted by molar-refractivity contribution is 14.0. The summed E-state index contributed by atoms with van der Waals surface area (Å²) in [5.74, 6) is 1.69. The van der Waals surface area contributed by atoms with Crippen LogP contribution in [0.15, 0.2) is 34.2 Å². The van der Waals surface area contributed by atoms with E-state index in [1.807, 2.05) is 31.2 Å². The number of rotatable bonds is 9. The first-order valence-corrected chi connectivity index (χ1v) is 9.11. The van der Waals surface area contributed by atoms with Crippen LogP contribution in [0.5, 0.6) is 0 Å². The highest BCUT2D eigenvalue weighted by Gasteiger charge is 2.02. The molecule has 0 aliphatic carbocycles. The lowest BCUT2D eigenvalue weighted by molar-refractivity contribution is -0.120. The maximum Gasteiger partial charge on any atom is 0.221 e. The van der Waals surface area contributed by atoms with Crippen LogP contribution in [0.2, 0.25) is 5.02 Å². The van der Waals surface area contributed by atoms with Gasteiger partial charge >= 0.3 is 0 Å². The second kappa shape index (κ2) is 14.7. The topological polar surface area (TPSA) is 65.5 Å². The Labute approximate surface area is 170 Å². The third kappa shape index (κ3) is 11.0. The van der Waals surface area contributed by atoms with E-state index >= 15 is 0 Å². The van der Waals surface area contributed by atoms with E-state index in [1.54, 1.807) is 18.8 Å². The molecule has 0 spiro atoms. The van der Waals surface area contributed by atoms with Crippen LogP contribution in [0.25, 0.3) is 0 Å². The Hall–Kier alpha value is -0.670. The van der Waals surface area contributed by atoms with E-state index in [1.165, 1.54) is 4.90 Å². The van der Waals surface area contributed by atoms with E-state index in [0.29, 0.717) is 18.9 Å². The molecule has 0 aromatic heterocycles. The monoisotopic (exact) mass is 484 g/mol. The van der Waals surface area contributed by atoms with E-state index in [9.17, 15) is 4.79 Å². The van der Waals surface area contributed by atoms with Gasteiger partial charge in [-0.3, -0.25) is 9.79 Å². The van der Waals surface area contributed by atoms with E-state index in [-0.39, 0.29) is 29.9 Å². The number of hydrogen-bond acceptors (Lipinski definition) is 3. The number of halogens is 2. The summed E-state index contributed by atoms with van der Waals surface area (Å²) in [5, 5.41) is 9.96. The van der Waals surface area contributed by atoms with Crippen molar-refractivity contribution in [2.45, 2.75) is 24.7 Å². The van der Waals surface area contributed by atoms with Crippen molar-refractivity contribution in [1.82, 2.24) is 16.0 Å². The molecule has 136 valence electrons. The van der Waals surface area contributed by atoms with Gasteiger partial charge in [0.05, 0.1) is 0 Å². The van der Waals surface area contributed by atoms with Crippen LogP contribution in [0.4, 0.5) is 0 Å². The molecule has 0 atom stereocenters. The molecule has 24 heavy (non-hydrogen) atoms. The molecule has 0 bridgehead atoms. The van der Waals surface area contributed by atoms with Gasteiger partial charge in [-0.05, 0) is 30.7 Å². The predicted molar refractivity (Wildman–Crippen MR) is 115 cm³/mol. The van der Waals surface area contributed by atoms with Gasteiger partial charge in [0.2, 0.25) is 5.91 Å². The van der Waals surface area contributed by atoms with Gasteiger partial charge in [0, 0.05) is 48.8 Å². The number of nitrogens with one attached hydrogen (secondary N) is 3. The van der Waals surface area contributed by atoms with Gasteiger partial charge in [-0.25, -0.2) is 0 Å². The van der Waals surface area contributed by atoms with Gasteiger partial charge in [0.15, 0.2) is 5.96 Å². The largest absolute Gasteiger partial charge is 0.356 e. The van der Waals surface area contributed by atoms with Crippen molar-refractivity contribution in [3.05, 3.63) is 29.3 Å². The normalized spacial score (nSPS) is 10.7. The molecule has 5 nitrogen and oxygen atoms in total. The number of carbonyl (C=O) groups excluding carboxylic acids is 1. The zero-order valence-electron chi connectivity index (χ0n) is 14.1. The molecule has 1 rings (SSSR count). The average Bonchev–Trinajstić information content (AvgIpc) is 2.56. The van der Waals surface area contributed by atoms with Crippen LogP contribution < -0.4 is 16.0 Å². The Morgan fingerprint density at radius 2 is 1.79 bits per heavy atom. The molecule has 8 heteroatoms. The van der Waals surface area contributed by atoms with Crippen molar-refractivity contribution >= 4 is 59.2 Å². The summed E-state index contributed by atoms with van der Waals surface area (Å²) >= 11 is 7.61. The summed E-state index contributed by atoms with van der Waals surface area (Å²) in [6.07, 6.45) is 1.40. The third-order valence-electron chi connectivity index (χ3n) is 2.92. The second-order valence-electron chi connectivity index (χ2n) is 4.83. The molecule has 0 aliphatic rings. The lowest BCUT2D eigenvalue weighted by Crippen LogP contribution is -2.40. The molecular weight excluding hydrogens is 459 g/mol. The first-order chi connectivity index (χ1) is 11.2. The molecule has 0 aliphatic heterocycles. The number of benzene rings is 1. The Balaban J connectivity index is 0.00000529. The van der Waals surface area contributed by atoms with Gasteiger partial charge < -0.3 is 16.0 Å². The fourth-order valence-electron chi connectivity index (χ4n) is 1.74. The smallest absolute Gasteiger partial charge is 0.221 e. The lowest BCUT2D eigenvalue weighted by Gasteiger charge is -2.11. The maximum atomic E-state index is 11.5. The summed E-state index contributed by atoms with van der Waals surface area (Å²) in [5.41, 5.74) is 0. The van der Waals surface area contributed by atoms with Gasteiger partial charge in [0.25, 0.3) is 0 Å². The van der Waals surface area contributed by atoms with Gasteiger partial charge in [-0.1, -0.05) is 18.5 Å². The molecule has 0 unspecified atom stereocenters. The number of amides is 1. The summed E-state index contributed by atoms with van der Waals surface area (Å²) < 4.78 is 0. The summed E-state index contributed by atoms with van der Waals surface area (Å²) in [4.78, 5) is 16.8. The minimum Gasteiger partial charge on any atom is -0.356 e. The number of aliphatic imine (C=N–C) groups is 1. The average molecular weight is 485 g/mol. The minimum atomic E-state index is 0. The summed E-state index contributed by atoms with van der Waals surface area (Å²) in [7, 11) is 1.72. The van der Waals surface area contributed by atoms with Crippen molar-refractivity contribution in [2.24, 2.45) is 4.99 Å². The van der Waals surface area contributed by atoms with Crippen molar-refractivity contribution in [2.75, 3.05) is 32.4 Å². The van der Waals surface area contributed by atoms with E-state index in [0.717, 1.165) is 30.3 Å². The van der Waals surface area contributed by atoms with Crippen molar-refractivity contribution < 1.29 is 4.79 Å². The standard InChI is InChI=1S/C16H25ClN4OS.HI/c1-3-9-19-15(22)8-10-20-16(18-2)21-11-12-23-14-6-4-13(17)5-7-14;/h4-7H,3,8-12H2,1-2H3,(H,19,22)(H2,18,20,21);1H. The Bertz CT molecular complexity index is 499. The van der Waals surface area contributed by atoms with Gasteiger partial charge in [-0.15, -0.1) is 35.7 Å².